The summed E-state index contributed by atoms with van der Waals surface area (Å²) < 4.78 is 39.3. The number of carbonyl (C=O) groups excluding carboxylic acids is 1. The highest BCUT2D eigenvalue weighted by Gasteiger charge is 2.30. The van der Waals surface area contributed by atoms with Gasteiger partial charge in [0.15, 0.2) is 0 Å². The lowest BCUT2D eigenvalue weighted by molar-refractivity contribution is -0.137. The average molecular weight is 386 g/mol. The first-order chi connectivity index (χ1) is 12.9. The Bertz CT molecular complexity index is 1080. The molecule has 0 saturated heterocycles. The van der Waals surface area contributed by atoms with E-state index in [2.05, 4.69) is 10.3 Å². The Labute approximate surface area is 156 Å². The van der Waals surface area contributed by atoms with Gasteiger partial charge in [0.2, 0.25) is 0 Å². The average Bonchev–Trinajstić information content (AvgIpc) is 3.21. The van der Waals surface area contributed by atoms with Crippen LogP contribution < -0.4 is 5.32 Å². The predicted molar refractivity (Wildman–Crippen MR) is 101 cm³/mol. The summed E-state index contributed by atoms with van der Waals surface area (Å²) in [4.78, 5) is 16.5. The molecule has 136 valence electrons. The van der Waals surface area contributed by atoms with Crippen molar-refractivity contribution in [2.24, 2.45) is 0 Å². The van der Waals surface area contributed by atoms with Crippen LogP contribution in [0.5, 0.6) is 0 Å². The second-order valence-electron chi connectivity index (χ2n) is 5.97. The molecule has 0 bridgehead atoms. The molecule has 2 heterocycles. The number of aromatic nitrogens is 1. The highest BCUT2D eigenvalue weighted by atomic mass is 32.1. The van der Waals surface area contributed by atoms with E-state index in [-0.39, 0.29) is 5.69 Å². The second kappa shape index (κ2) is 6.59. The minimum absolute atomic E-state index is 0.0951. The van der Waals surface area contributed by atoms with E-state index in [9.17, 15) is 18.0 Å². The van der Waals surface area contributed by atoms with Gasteiger partial charge in [0, 0.05) is 10.6 Å². The van der Waals surface area contributed by atoms with Crippen LogP contribution in [0.15, 0.2) is 66.7 Å². The maximum Gasteiger partial charge on any atom is 0.416 e. The highest BCUT2D eigenvalue weighted by molar-refractivity contribution is 7.22. The zero-order valence-corrected chi connectivity index (χ0v) is 14.6. The molecule has 4 aromatic rings. The molecule has 4 rings (SSSR count). The molecular weight excluding hydrogens is 373 g/mol. The molecule has 1 amide bonds. The Morgan fingerprint density at radius 1 is 0.963 bits per heavy atom. The fraction of sp³-hybridized carbons (Fsp3) is 0.0500. The first-order valence-electron chi connectivity index (χ1n) is 8.07. The Balaban J connectivity index is 1.56. The lowest BCUT2D eigenvalue weighted by atomic mass is 10.2. The minimum Gasteiger partial charge on any atom is -0.350 e. The van der Waals surface area contributed by atoms with Crippen LogP contribution >= 0.6 is 11.3 Å². The summed E-state index contributed by atoms with van der Waals surface area (Å²) in [7, 11) is 0. The van der Waals surface area contributed by atoms with Gasteiger partial charge in [0.25, 0.3) is 5.91 Å². The lowest BCUT2D eigenvalue weighted by Gasteiger charge is -2.09. The van der Waals surface area contributed by atoms with Gasteiger partial charge in [-0.2, -0.15) is 13.2 Å². The number of rotatable bonds is 3. The molecule has 27 heavy (non-hydrogen) atoms. The van der Waals surface area contributed by atoms with Crippen molar-refractivity contribution < 1.29 is 18.0 Å². The van der Waals surface area contributed by atoms with Gasteiger partial charge in [-0.1, -0.05) is 36.4 Å². The van der Waals surface area contributed by atoms with Crippen LogP contribution in [0.4, 0.5) is 18.9 Å². The molecule has 0 unspecified atom stereocenters. The number of amides is 1. The second-order valence-corrected chi connectivity index (χ2v) is 7.05. The predicted octanol–water partition coefficient (Wildman–Crippen LogP) is 6.17. The molecule has 0 atom stereocenters. The standard InChI is InChI=1S/C20H13F3N2OS/c21-20(22,23)13-7-4-8-14(9-13)24-19(26)16-11-18-15(25-16)10-17(27-18)12-5-2-1-3-6-12/h1-11,25H,(H,24,26). The van der Waals surface area contributed by atoms with E-state index in [0.717, 1.165) is 32.8 Å². The number of hydrogen-bond acceptors (Lipinski definition) is 2. The summed E-state index contributed by atoms with van der Waals surface area (Å²) in [5, 5.41) is 2.50. The molecular formula is C20H13F3N2OS. The third kappa shape index (κ3) is 3.59. The van der Waals surface area contributed by atoms with Crippen LogP contribution in [0.1, 0.15) is 16.1 Å². The van der Waals surface area contributed by atoms with Crippen molar-refractivity contribution in [3.05, 3.63) is 78.0 Å². The first-order valence-corrected chi connectivity index (χ1v) is 8.88. The van der Waals surface area contributed by atoms with Crippen molar-refractivity contribution in [3.63, 3.8) is 0 Å². The normalized spacial score (nSPS) is 11.7. The molecule has 7 heteroatoms. The van der Waals surface area contributed by atoms with Crippen LogP contribution in [0.25, 0.3) is 20.7 Å². The van der Waals surface area contributed by atoms with Gasteiger partial charge < -0.3 is 10.3 Å². The number of fused-ring (bicyclic) bond motifs is 1. The number of benzene rings is 2. The topological polar surface area (TPSA) is 44.9 Å². The van der Waals surface area contributed by atoms with Crippen LogP contribution in [0, 0.1) is 0 Å². The summed E-state index contributed by atoms with van der Waals surface area (Å²) in [6.45, 7) is 0. The number of nitrogens with one attached hydrogen (secondary N) is 2. The van der Waals surface area contributed by atoms with Crippen molar-refractivity contribution in [2.45, 2.75) is 6.18 Å². The molecule has 0 aliphatic rings. The largest absolute Gasteiger partial charge is 0.416 e. The third-order valence-corrected chi connectivity index (χ3v) is 5.19. The van der Waals surface area contributed by atoms with Gasteiger partial charge >= 0.3 is 6.18 Å². The molecule has 2 N–H and O–H groups in total. The van der Waals surface area contributed by atoms with E-state index in [1.54, 1.807) is 17.4 Å². The SMILES string of the molecule is O=C(Nc1cccc(C(F)(F)F)c1)c1cc2sc(-c3ccccc3)cc2[nH]1. The van der Waals surface area contributed by atoms with E-state index in [1.807, 2.05) is 36.4 Å². The third-order valence-electron chi connectivity index (χ3n) is 4.06. The number of carbonyl (C=O) groups is 1. The monoisotopic (exact) mass is 386 g/mol. The number of anilines is 1. The van der Waals surface area contributed by atoms with Gasteiger partial charge in [0.05, 0.1) is 15.8 Å². The van der Waals surface area contributed by atoms with Crippen LogP contribution in [0.2, 0.25) is 0 Å². The Kier molecular flexibility index (Phi) is 4.24. The van der Waals surface area contributed by atoms with E-state index >= 15 is 0 Å². The fourth-order valence-corrected chi connectivity index (χ4v) is 3.83. The van der Waals surface area contributed by atoms with E-state index in [1.165, 1.54) is 12.1 Å². The molecule has 2 aromatic carbocycles. The number of halogens is 3. The zero-order chi connectivity index (χ0) is 19.0. The van der Waals surface area contributed by atoms with Crippen LogP contribution in [-0.2, 0) is 6.18 Å². The van der Waals surface area contributed by atoms with Crippen molar-refractivity contribution in [3.8, 4) is 10.4 Å². The Hall–Kier alpha value is -3.06. The minimum atomic E-state index is -4.45. The summed E-state index contributed by atoms with van der Waals surface area (Å²) in [5.41, 5.74) is 1.49. The summed E-state index contributed by atoms with van der Waals surface area (Å²) >= 11 is 1.54. The first kappa shape index (κ1) is 17.4. The van der Waals surface area contributed by atoms with Crippen molar-refractivity contribution in [2.75, 3.05) is 5.32 Å². The number of hydrogen-bond donors (Lipinski definition) is 2. The smallest absolute Gasteiger partial charge is 0.350 e. The number of aromatic amines is 1. The highest BCUT2D eigenvalue weighted by Crippen LogP contribution is 2.34. The van der Waals surface area contributed by atoms with Gasteiger partial charge in [-0.3, -0.25) is 4.79 Å². The molecule has 2 aromatic heterocycles. The van der Waals surface area contributed by atoms with Crippen LogP contribution in [-0.4, -0.2) is 10.9 Å². The van der Waals surface area contributed by atoms with E-state index < -0.39 is 17.6 Å². The Morgan fingerprint density at radius 2 is 1.74 bits per heavy atom. The van der Waals surface area contributed by atoms with Crippen molar-refractivity contribution in [1.29, 1.82) is 0 Å². The van der Waals surface area contributed by atoms with E-state index in [4.69, 9.17) is 0 Å². The molecule has 0 saturated carbocycles. The van der Waals surface area contributed by atoms with E-state index in [0.29, 0.717) is 5.69 Å². The Morgan fingerprint density at radius 3 is 2.44 bits per heavy atom. The molecule has 0 aliphatic carbocycles. The van der Waals surface area contributed by atoms with Crippen molar-refractivity contribution in [1.82, 2.24) is 4.98 Å². The summed E-state index contributed by atoms with van der Waals surface area (Å²) in [6, 6.07) is 18.1. The zero-order valence-electron chi connectivity index (χ0n) is 13.8. The van der Waals surface area contributed by atoms with Crippen LogP contribution in [0.3, 0.4) is 0 Å². The maximum atomic E-state index is 12.8. The lowest BCUT2D eigenvalue weighted by Crippen LogP contribution is -2.13. The number of alkyl halides is 3. The molecule has 0 aliphatic heterocycles. The number of thiophene rings is 1. The van der Waals surface area contributed by atoms with Gasteiger partial charge in [-0.05, 0) is 35.9 Å². The molecule has 0 radical (unpaired) electrons. The van der Waals surface area contributed by atoms with Crippen molar-refractivity contribution >= 4 is 33.1 Å². The number of H-pyrrole nitrogens is 1. The van der Waals surface area contributed by atoms with Gasteiger partial charge in [-0.15, -0.1) is 11.3 Å². The fourth-order valence-electron chi connectivity index (χ4n) is 2.76. The van der Waals surface area contributed by atoms with Gasteiger partial charge in [-0.25, -0.2) is 0 Å². The summed E-state index contributed by atoms with van der Waals surface area (Å²) in [5.74, 6) is -0.487. The quantitative estimate of drug-likeness (QED) is 0.435. The molecule has 3 nitrogen and oxygen atoms in total. The summed E-state index contributed by atoms with van der Waals surface area (Å²) in [6.07, 6.45) is -4.45. The molecule has 0 spiro atoms. The molecule has 0 fully saturated rings. The maximum absolute atomic E-state index is 12.8. The van der Waals surface area contributed by atoms with Gasteiger partial charge in [0.1, 0.15) is 5.69 Å².